The average molecular weight is 577 g/mol. The molecular weight excluding hydrogens is 516 g/mol. The minimum absolute atomic E-state index is 0.0703. The zero-order valence-electron chi connectivity index (χ0n) is 28.0. The monoisotopic (exact) mass is 576 g/mol. The Morgan fingerprint density at radius 1 is 0.905 bits per heavy atom. The number of unbranched alkanes of at least 4 members (excludes halogenated alkanes) is 1. The van der Waals surface area contributed by atoms with Crippen molar-refractivity contribution < 1.29 is 9.53 Å². The first kappa shape index (κ1) is 31.5. The Kier molecular flexibility index (Phi) is 8.38. The largest absolute Gasteiger partial charge is 0.458 e. The summed E-state index contributed by atoms with van der Waals surface area (Å²) in [5.41, 5.74) is 16.0. The second-order valence-corrected chi connectivity index (χ2v) is 16.7. The molecular formula is C38H60N2O2. The van der Waals surface area contributed by atoms with Gasteiger partial charge in [-0.3, -0.25) is 0 Å². The lowest BCUT2D eigenvalue weighted by Gasteiger charge is -2.67. The number of nitrogen functional groups attached to an aromatic ring is 2. The SMILES string of the molecule is CC(C)=CCCCC(C)C1CCC2(C)C3CCC4C(C)(C)C(OC(=O)c5cc(N)cc(N)c5)CCC4(C)C3CCC12C. The molecule has 1 aromatic rings. The molecule has 0 aliphatic heterocycles. The molecule has 4 fully saturated rings. The van der Waals surface area contributed by atoms with Crippen LogP contribution in [0, 0.1) is 51.2 Å². The van der Waals surface area contributed by atoms with Crippen molar-refractivity contribution in [2.45, 2.75) is 132 Å². The summed E-state index contributed by atoms with van der Waals surface area (Å²) in [5, 5.41) is 0. The van der Waals surface area contributed by atoms with Gasteiger partial charge in [0.05, 0.1) is 5.56 Å². The first-order chi connectivity index (χ1) is 19.6. The lowest BCUT2D eigenvalue weighted by atomic mass is 9.38. The normalized spacial score (nSPS) is 39.4. The Bertz CT molecular complexity index is 1180. The van der Waals surface area contributed by atoms with Gasteiger partial charge in [0.25, 0.3) is 0 Å². The van der Waals surface area contributed by atoms with Gasteiger partial charge >= 0.3 is 5.97 Å². The van der Waals surface area contributed by atoms with E-state index in [2.05, 4.69) is 61.5 Å². The molecule has 4 N–H and O–H groups in total. The van der Waals surface area contributed by atoms with Crippen LogP contribution in [-0.4, -0.2) is 12.1 Å². The number of fused-ring (bicyclic) bond motifs is 5. The number of hydrogen-bond acceptors (Lipinski definition) is 4. The molecule has 234 valence electrons. The van der Waals surface area contributed by atoms with Gasteiger partial charge < -0.3 is 16.2 Å². The van der Waals surface area contributed by atoms with Gasteiger partial charge in [0.2, 0.25) is 0 Å². The van der Waals surface area contributed by atoms with E-state index in [0.717, 1.165) is 36.5 Å². The van der Waals surface area contributed by atoms with Gasteiger partial charge in [0.1, 0.15) is 6.10 Å². The maximum atomic E-state index is 13.2. The van der Waals surface area contributed by atoms with Gasteiger partial charge in [0, 0.05) is 16.8 Å². The van der Waals surface area contributed by atoms with Crippen LogP contribution in [0.4, 0.5) is 11.4 Å². The second kappa shape index (κ2) is 11.2. The summed E-state index contributed by atoms with van der Waals surface area (Å²) in [6.07, 6.45) is 16.5. The smallest absolute Gasteiger partial charge is 0.338 e. The van der Waals surface area contributed by atoms with E-state index in [1.165, 1.54) is 63.4 Å². The van der Waals surface area contributed by atoms with Crippen LogP contribution in [0.2, 0.25) is 0 Å². The highest BCUT2D eigenvalue weighted by atomic mass is 16.5. The highest BCUT2D eigenvalue weighted by Crippen LogP contribution is 2.74. The van der Waals surface area contributed by atoms with E-state index >= 15 is 0 Å². The number of hydrogen-bond donors (Lipinski definition) is 2. The van der Waals surface area contributed by atoms with Crippen molar-refractivity contribution in [3.63, 3.8) is 0 Å². The number of rotatable bonds is 7. The fourth-order valence-corrected chi connectivity index (χ4v) is 11.7. The van der Waals surface area contributed by atoms with E-state index in [1.807, 2.05) is 0 Å². The van der Waals surface area contributed by atoms with E-state index in [0.29, 0.717) is 39.1 Å². The van der Waals surface area contributed by atoms with Crippen molar-refractivity contribution in [2.24, 2.45) is 51.2 Å². The zero-order valence-corrected chi connectivity index (χ0v) is 28.0. The van der Waals surface area contributed by atoms with Crippen LogP contribution in [0.3, 0.4) is 0 Å². The molecule has 42 heavy (non-hydrogen) atoms. The van der Waals surface area contributed by atoms with E-state index < -0.39 is 0 Å². The molecule has 4 aliphatic rings. The average Bonchev–Trinajstić information content (AvgIpc) is 3.18. The molecule has 0 aromatic heterocycles. The van der Waals surface area contributed by atoms with Crippen LogP contribution in [0.25, 0.3) is 0 Å². The fraction of sp³-hybridized carbons (Fsp3) is 0.763. The molecule has 9 unspecified atom stereocenters. The predicted molar refractivity (Wildman–Crippen MR) is 176 cm³/mol. The summed E-state index contributed by atoms with van der Waals surface area (Å²) < 4.78 is 6.28. The maximum absolute atomic E-state index is 13.2. The van der Waals surface area contributed by atoms with Crippen LogP contribution in [0.5, 0.6) is 0 Å². The minimum atomic E-state index is -0.294. The van der Waals surface area contributed by atoms with Crippen LogP contribution in [0.1, 0.15) is 136 Å². The van der Waals surface area contributed by atoms with Crippen molar-refractivity contribution in [3.05, 3.63) is 35.4 Å². The topological polar surface area (TPSA) is 78.3 Å². The van der Waals surface area contributed by atoms with Gasteiger partial charge in [0.15, 0.2) is 0 Å². The minimum Gasteiger partial charge on any atom is -0.458 e. The number of carbonyl (C=O) groups excluding carboxylic acids is 1. The standard InChI is InChI=1S/C38H60N2O2/c1-24(2)11-9-10-12-25(3)29-15-19-38(8)31-13-14-32-35(4,5)33(42-34(41)26-21-27(39)23-28(40)22-26)17-18-36(32,6)30(31)16-20-37(29,38)7/h11,21-23,25,29-33H,9-10,12-20,39-40H2,1-8H3. The second-order valence-electron chi connectivity index (χ2n) is 16.7. The number of anilines is 2. The van der Waals surface area contributed by atoms with Gasteiger partial charge in [-0.15, -0.1) is 0 Å². The third-order valence-corrected chi connectivity index (χ3v) is 14.0. The van der Waals surface area contributed by atoms with Crippen molar-refractivity contribution in [1.29, 1.82) is 0 Å². The molecule has 0 bridgehead atoms. The Morgan fingerprint density at radius 2 is 1.57 bits per heavy atom. The number of nitrogens with two attached hydrogens (primary N) is 2. The van der Waals surface area contributed by atoms with E-state index in [1.54, 1.807) is 18.2 Å². The fourth-order valence-electron chi connectivity index (χ4n) is 11.7. The Hall–Kier alpha value is -1.97. The summed E-state index contributed by atoms with van der Waals surface area (Å²) >= 11 is 0. The molecule has 4 aliphatic carbocycles. The van der Waals surface area contributed by atoms with Crippen molar-refractivity contribution in [3.8, 4) is 0 Å². The molecule has 0 heterocycles. The van der Waals surface area contributed by atoms with Crippen LogP contribution >= 0.6 is 0 Å². The number of esters is 1. The first-order valence-electron chi connectivity index (χ1n) is 17.1. The lowest BCUT2D eigenvalue weighted by molar-refractivity contribution is -0.200. The third kappa shape index (κ3) is 5.11. The maximum Gasteiger partial charge on any atom is 0.338 e. The molecule has 4 heteroatoms. The first-order valence-corrected chi connectivity index (χ1v) is 17.1. The molecule has 0 saturated heterocycles. The summed E-state index contributed by atoms with van der Waals surface area (Å²) in [6.45, 7) is 19.8. The van der Waals surface area contributed by atoms with E-state index in [9.17, 15) is 4.79 Å². The van der Waals surface area contributed by atoms with Crippen LogP contribution < -0.4 is 11.5 Å². The molecule has 0 radical (unpaired) electrons. The number of ether oxygens (including phenoxy) is 1. The van der Waals surface area contributed by atoms with Crippen molar-refractivity contribution >= 4 is 17.3 Å². The molecule has 4 nitrogen and oxygen atoms in total. The van der Waals surface area contributed by atoms with Gasteiger partial charge in [-0.25, -0.2) is 4.79 Å². The Balaban J connectivity index is 1.31. The number of allylic oxidation sites excluding steroid dienone is 2. The summed E-state index contributed by atoms with van der Waals surface area (Å²) in [7, 11) is 0. The van der Waals surface area contributed by atoms with Crippen LogP contribution in [-0.2, 0) is 4.74 Å². The molecule has 5 rings (SSSR count). The summed E-state index contributed by atoms with van der Waals surface area (Å²) in [4.78, 5) is 13.2. The van der Waals surface area contributed by atoms with Crippen LogP contribution in [0.15, 0.2) is 29.8 Å². The highest BCUT2D eigenvalue weighted by molar-refractivity contribution is 5.91. The van der Waals surface area contributed by atoms with Gasteiger partial charge in [-0.1, -0.05) is 59.6 Å². The van der Waals surface area contributed by atoms with E-state index in [-0.39, 0.29) is 17.5 Å². The lowest BCUT2D eigenvalue weighted by Crippen LogP contribution is -2.62. The number of benzene rings is 1. The van der Waals surface area contributed by atoms with Gasteiger partial charge in [-0.05, 0) is 142 Å². The zero-order chi connectivity index (χ0) is 30.7. The van der Waals surface area contributed by atoms with E-state index in [4.69, 9.17) is 16.2 Å². The molecule has 1 aromatic carbocycles. The molecule has 0 amide bonds. The van der Waals surface area contributed by atoms with Crippen molar-refractivity contribution in [1.82, 2.24) is 0 Å². The quantitative estimate of drug-likeness (QED) is 0.146. The summed E-state index contributed by atoms with van der Waals surface area (Å²) in [5.74, 6) is 3.51. The Morgan fingerprint density at radius 3 is 2.24 bits per heavy atom. The van der Waals surface area contributed by atoms with Crippen molar-refractivity contribution in [2.75, 3.05) is 11.5 Å². The molecule has 0 spiro atoms. The summed E-state index contributed by atoms with van der Waals surface area (Å²) in [6, 6.07) is 5.05. The molecule has 9 atom stereocenters. The molecule has 4 saturated carbocycles. The third-order valence-electron chi connectivity index (χ3n) is 14.0. The van der Waals surface area contributed by atoms with Gasteiger partial charge in [-0.2, -0.15) is 0 Å². The Labute approximate surface area is 256 Å². The highest BCUT2D eigenvalue weighted by Gasteiger charge is 2.67. The predicted octanol–water partition coefficient (Wildman–Crippen LogP) is 9.83. The number of carbonyl (C=O) groups is 1.